The SMILES string of the molecule is CC(=O)Nc1cc(S(=O)(=O)N2CCCC3CC32)ccc1F. The Kier molecular flexibility index (Phi) is 3.49. The summed E-state index contributed by atoms with van der Waals surface area (Å²) in [7, 11) is -3.63. The lowest BCUT2D eigenvalue weighted by Gasteiger charge is -2.26. The van der Waals surface area contributed by atoms with Crippen LogP contribution in [-0.4, -0.2) is 31.2 Å². The summed E-state index contributed by atoms with van der Waals surface area (Å²) in [6, 6.07) is 3.62. The summed E-state index contributed by atoms with van der Waals surface area (Å²) in [4.78, 5) is 11.1. The highest BCUT2D eigenvalue weighted by Gasteiger charge is 2.49. The topological polar surface area (TPSA) is 66.5 Å². The maximum Gasteiger partial charge on any atom is 0.243 e. The van der Waals surface area contributed by atoms with Gasteiger partial charge >= 0.3 is 0 Å². The molecule has 0 bridgehead atoms. The molecular weight excluding hydrogens is 295 g/mol. The molecule has 2 atom stereocenters. The predicted octanol–water partition coefficient (Wildman–Crippen LogP) is 1.96. The predicted molar refractivity (Wildman–Crippen MR) is 75.7 cm³/mol. The Labute approximate surface area is 123 Å². The molecule has 2 fully saturated rings. The number of hydrogen-bond donors (Lipinski definition) is 1. The smallest absolute Gasteiger partial charge is 0.243 e. The Morgan fingerprint density at radius 3 is 2.90 bits per heavy atom. The minimum absolute atomic E-state index is 0.0280. The number of fused-ring (bicyclic) bond motifs is 1. The maximum absolute atomic E-state index is 13.6. The minimum atomic E-state index is -3.63. The fraction of sp³-hybridized carbons (Fsp3) is 0.500. The maximum atomic E-state index is 13.6. The molecule has 5 nitrogen and oxygen atoms in total. The number of amides is 1. The molecule has 1 aliphatic heterocycles. The van der Waals surface area contributed by atoms with Gasteiger partial charge in [-0.15, -0.1) is 0 Å². The first-order chi connectivity index (χ1) is 9.89. The van der Waals surface area contributed by atoms with E-state index in [4.69, 9.17) is 0 Å². The average Bonchev–Trinajstić information content (AvgIpc) is 3.19. The summed E-state index contributed by atoms with van der Waals surface area (Å²) in [6.07, 6.45) is 2.86. The lowest BCUT2D eigenvalue weighted by atomic mass is 10.2. The Morgan fingerprint density at radius 2 is 2.19 bits per heavy atom. The molecule has 1 amide bonds. The second-order valence-corrected chi connectivity index (χ2v) is 7.53. The fourth-order valence-corrected chi connectivity index (χ4v) is 4.72. The highest BCUT2D eigenvalue weighted by molar-refractivity contribution is 7.89. The van der Waals surface area contributed by atoms with E-state index in [2.05, 4.69) is 5.32 Å². The van der Waals surface area contributed by atoms with Gasteiger partial charge in [0.05, 0.1) is 10.6 Å². The molecule has 21 heavy (non-hydrogen) atoms. The molecule has 2 unspecified atom stereocenters. The molecule has 0 radical (unpaired) electrons. The van der Waals surface area contributed by atoms with Gasteiger partial charge in [-0.1, -0.05) is 0 Å². The summed E-state index contributed by atoms with van der Waals surface area (Å²) in [5.41, 5.74) is -0.104. The van der Waals surface area contributed by atoms with Crippen molar-refractivity contribution in [3.63, 3.8) is 0 Å². The Morgan fingerprint density at radius 1 is 1.43 bits per heavy atom. The van der Waals surface area contributed by atoms with Crippen LogP contribution >= 0.6 is 0 Å². The van der Waals surface area contributed by atoms with Crippen LogP contribution in [0.1, 0.15) is 26.2 Å². The van der Waals surface area contributed by atoms with Crippen molar-refractivity contribution in [1.29, 1.82) is 0 Å². The molecule has 114 valence electrons. The standard InChI is InChI=1S/C14H17FN2O3S/c1-9(18)16-13-8-11(4-5-12(13)15)21(19,20)17-6-2-3-10-7-14(10)17/h4-5,8,10,14H,2-3,6-7H2,1H3,(H,16,18). The first kappa shape index (κ1) is 14.5. The van der Waals surface area contributed by atoms with E-state index in [1.165, 1.54) is 23.4 Å². The Bertz CT molecular complexity index is 689. The molecule has 0 aromatic heterocycles. The number of sulfonamides is 1. The summed E-state index contributed by atoms with van der Waals surface area (Å²) < 4.78 is 40.5. The molecule has 1 heterocycles. The van der Waals surface area contributed by atoms with E-state index in [1.807, 2.05) is 0 Å². The molecular formula is C14H17FN2O3S. The molecule has 1 aliphatic carbocycles. The van der Waals surface area contributed by atoms with Gasteiger partial charge in [-0.2, -0.15) is 4.31 Å². The summed E-state index contributed by atoms with van der Waals surface area (Å²) in [6.45, 7) is 1.76. The molecule has 1 saturated heterocycles. The normalized spacial score (nSPS) is 25.2. The summed E-state index contributed by atoms with van der Waals surface area (Å²) in [5, 5.41) is 2.31. The van der Waals surface area contributed by atoms with Crippen LogP contribution in [0.15, 0.2) is 23.1 Å². The molecule has 7 heteroatoms. The van der Waals surface area contributed by atoms with Crippen LogP contribution in [0.2, 0.25) is 0 Å². The van der Waals surface area contributed by atoms with E-state index >= 15 is 0 Å². The van der Waals surface area contributed by atoms with E-state index < -0.39 is 21.7 Å². The number of piperidine rings is 1. The number of carbonyl (C=O) groups is 1. The number of hydrogen-bond acceptors (Lipinski definition) is 3. The zero-order valence-electron chi connectivity index (χ0n) is 11.7. The van der Waals surface area contributed by atoms with E-state index in [9.17, 15) is 17.6 Å². The molecule has 0 spiro atoms. The van der Waals surface area contributed by atoms with Crippen molar-refractivity contribution in [3.05, 3.63) is 24.0 Å². The average molecular weight is 312 g/mol. The molecule has 2 aliphatic rings. The first-order valence-electron chi connectivity index (χ1n) is 6.98. The quantitative estimate of drug-likeness (QED) is 0.928. The van der Waals surface area contributed by atoms with Gasteiger partial charge in [0, 0.05) is 19.5 Å². The number of rotatable bonds is 3. The minimum Gasteiger partial charge on any atom is -0.324 e. The lowest BCUT2D eigenvalue weighted by Crippen LogP contribution is -2.37. The summed E-state index contributed by atoms with van der Waals surface area (Å²) in [5.74, 6) is -0.612. The van der Waals surface area contributed by atoms with Gasteiger partial charge in [0.2, 0.25) is 15.9 Å². The van der Waals surface area contributed by atoms with E-state index in [1.54, 1.807) is 0 Å². The summed E-state index contributed by atoms with van der Waals surface area (Å²) >= 11 is 0. The van der Waals surface area contributed by atoms with Gasteiger partial charge in [-0.3, -0.25) is 4.79 Å². The van der Waals surface area contributed by atoms with Gasteiger partial charge in [0.1, 0.15) is 5.82 Å². The molecule has 1 aromatic carbocycles. The fourth-order valence-electron chi connectivity index (χ4n) is 2.95. The molecule has 1 aromatic rings. The van der Waals surface area contributed by atoms with Gasteiger partial charge in [-0.05, 0) is 43.4 Å². The van der Waals surface area contributed by atoms with E-state index in [-0.39, 0.29) is 16.6 Å². The largest absolute Gasteiger partial charge is 0.324 e. The number of nitrogens with one attached hydrogen (secondary N) is 1. The van der Waals surface area contributed by atoms with Gasteiger partial charge in [0.25, 0.3) is 0 Å². The van der Waals surface area contributed by atoms with Crippen molar-refractivity contribution in [2.24, 2.45) is 5.92 Å². The number of anilines is 1. The number of benzene rings is 1. The van der Waals surface area contributed by atoms with Crippen LogP contribution in [-0.2, 0) is 14.8 Å². The van der Waals surface area contributed by atoms with Gasteiger partial charge < -0.3 is 5.32 Å². The van der Waals surface area contributed by atoms with Gasteiger partial charge in [0.15, 0.2) is 0 Å². The Hall–Kier alpha value is -1.47. The van der Waals surface area contributed by atoms with Crippen LogP contribution in [0.5, 0.6) is 0 Å². The van der Waals surface area contributed by atoms with E-state index in [0.29, 0.717) is 12.5 Å². The first-order valence-corrected chi connectivity index (χ1v) is 8.42. The van der Waals surface area contributed by atoms with Crippen LogP contribution in [0, 0.1) is 11.7 Å². The van der Waals surface area contributed by atoms with Crippen LogP contribution in [0.3, 0.4) is 0 Å². The van der Waals surface area contributed by atoms with Crippen molar-refractivity contribution in [2.75, 3.05) is 11.9 Å². The van der Waals surface area contributed by atoms with Crippen LogP contribution in [0.25, 0.3) is 0 Å². The highest BCUT2D eigenvalue weighted by Crippen LogP contribution is 2.45. The van der Waals surface area contributed by atoms with Gasteiger partial charge in [-0.25, -0.2) is 12.8 Å². The third-order valence-electron chi connectivity index (χ3n) is 4.06. The number of halogens is 1. The monoisotopic (exact) mass is 312 g/mol. The van der Waals surface area contributed by atoms with E-state index in [0.717, 1.165) is 25.3 Å². The van der Waals surface area contributed by atoms with Crippen molar-refractivity contribution in [2.45, 2.75) is 37.1 Å². The number of nitrogens with zero attached hydrogens (tertiary/aromatic N) is 1. The van der Waals surface area contributed by atoms with Crippen LogP contribution in [0.4, 0.5) is 10.1 Å². The van der Waals surface area contributed by atoms with Crippen molar-refractivity contribution in [1.82, 2.24) is 4.31 Å². The van der Waals surface area contributed by atoms with Crippen molar-refractivity contribution < 1.29 is 17.6 Å². The third kappa shape index (κ3) is 2.67. The molecule has 3 rings (SSSR count). The van der Waals surface area contributed by atoms with Crippen molar-refractivity contribution in [3.8, 4) is 0 Å². The molecule has 1 N–H and O–H groups in total. The zero-order chi connectivity index (χ0) is 15.2. The van der Waals surface area contributed by atoms with Crippen molar-refractivity contribution >= 4 is 21.6 Å². The lowest BCUT2D eigenvalue weighted by molar-refractivity contribution is -0.114. The second kappa shape index (κ2) is 5.06. The number of carbonyl (C=O) groups excluding carboxylic acids is 1. The van der Waals surface area contributed by atoms with Crippen LogP contribution < -0.4 is 5.32 Å². The third-order valence-corrected chi connectivity index (χ3v) is 5.98. The second-order valence-electron chi connectivity index (χ2n) is 5.64. The highest BCUT2D eigenvalue weighted by atomic mass is 32.2. The molecule has 1 saturated carbocycles. The zero-order valence-corrected chi connectivity index (χ0v) is 12.5. The Balaban J connectivity index is 1.93.